The SMILES string of the molecule is CC(C)(C)C1=CCC(Br)C=C1. The average molecular weight is 215 g/mol. The van der Waals surface area contributed by atoms with Crippen LogP contribution in [0.15, 0.2) is 23.8 Å². The minimum Gasteiger partial charge on any atom is -0.0842 e. The predicted molar refractivity (Wildman–Crippen MR) is 54.0 cm³/mol. The first kappa shape index (κ1) is 9.05. The molecule has 0 nitrogen and oxygen atoms in total. The highest BCUT2D eigenvalue weighted by atomic mass is 79.9. The molecule has 0 spiro atoms. The van der Waals surface area contributed by atoms with E-state index in [1.165, 1.54) is 5.57 Å². The van der Waals surface area contributed by atoms with Gasteiger partial charge in [-0.2, -0.15) is 0 Å². The monoisotopic (exact) mass is 214 g/mol. The Morgan fingerprint density at radius 3 is 2.45 bits per heavy atom. The molecule has 62 valence electrons. The van der Waals surface area contributed by atoms with Gasteiger partial charge in [0, 0.05) is 4.83 Å². The standard InChI is InChI=1S/C10H15Br/c1-10(2,3)8-4-6-9(11)7-5-8/h4-6,9H,7H2,1-3H3. The molecule has 1 heteroatoms. The Kier molecular flexibility index (Phi) is 2.58. The molecule has 0 heterocycles. The van der Waals surface area contributed by atoms with E-state index in [1.807, 2.05) is 0 Å². The van der Waals surface area contributed by atoms with Crippen LogP contribution in [-0.4, -0.2) is 4.83 Å². The van der Waals surface area contributed by atoms with Gasteiger partial charge in [-0.1, -0.05) is 54.9 Å². The Hall–Kier alpha value is -0.0400. The van der Waals surface area contributed by atoms with Crippen molar-refractivity contribution in [1.82, 2.24) is 0 Å². The summed E-state index contributed by atoms with van der Waals surface area (Å²) in [5, 5.41) is 0. The molecule has 0 bridgehead atoms. The summed E-state index contributed by atoms with van der Waals surface area (Å²) in [5.41, 5.74) is 1.76. The summed E-state index contributed by atoms with van der Waals surface area (Å²) < 4.78 is 0. The Labute approximate surface area is 77.5 Å². The number of hydrogen-bond donors (Lipinski definition) is 0. The molecule has 11 heavy (non-hydrogen) atoms. The van der Waals surface area contributed by atoms with Crippen LogP contribution in [0.4, 0.5) is 0 Å². The highest BCUT2D eigenvalue weighted by Crippen LogP contribution is 2.30. The van der Waals surface area contributed by atoms with Crippen molar-refractivity contribution in [3.63, 3.8) is 0 Å². The van der Waals surface area contributed by atoms with E-state index in [9.17, 15) is 0 Å². The molecule has 0 N–H and O–H groups in total. The summed E-state index contributed by atoms with van der Waals surface area (Å²) in [5.74, 6) is 0. The Morgan fingerprint density at radius 1 is 1.45 bits per heavy atom. The van der Waals surface area contributed by atoms with Crippen molar-refractivity contribution in [3.8, 4) is 0 Å². The van der Waals surface area contributed by atoms with E-state index in [1.54, 1.807) is 0 Å². The van der Waals surface area contributed by atoms with Gasteiger partial charge in [-0.25, -0.2) is 0 Å². The highest BCUT2D eigenvalue weighted by molar-refractivity contribution is 9.09. The number of hydrogen-bond acceptors (Lipinski definition) is 0. The van der Waals surface area contributed by atoms with Gasteiger partial charge in [-0.15, -0.1) is 0 Å². The number of allylic oxidation sites excluding steroid dienone is 4. The lowest BCUT2D eigenvalue weighted by molar-refractivity contribution is 0.512. The molecule has 0 fully saturated rings. The van der Waals surface area contributed by atoms with Gasteiger partial charge in [0.1, 0.15) is 0 Å². The molecule has 1 atom stereocenters. The summed E-state index contributed by atoms with van der Waals surface area (Å²) in [4.78, 5) is 0.550. The minimum atomic E-state index is 0.309. The minimum absolute atomic E-state index is 0.309. The third-order valence-corrected chi connectivity index (χ3v) is 2.59. The molecule has 0 amide bonds. The molecule has 0 aromatic carbocycles. The zero-order valence-electron chi connectivity index (χ0n) is 7.39. The van der Waals surface area contributed by atoms with Crippen molar-refractivity contribution in [2.45, 2.75) is 32.0 Å². The quantitative estimate of drug-likeness (QED) is 0.540. The van der Waals surface area contributed by atoms with Crippen molar-refractivity contribution in [1.29, 1.82) is 0 Å². The second kappa shape index (κ2) is 3.14. The van der Waals surface area contributed by atoms with Crippen LogP contribution in [0.5, 0.6) is 0 Å². The van der Waals surface area contributed by atoms with E-state index < -0.39 is 0 Å². The Balaban J connectivity index is 2.71. The van der Waals surface area contributed by atoms with Gasteiger partial charge in [-0.3, -0.25) is 0 Å². The van der Waals surface area contributed by atoms with Crippen LogP contribution in [0.1, 0.15) is 27.2 Å². The molecule has 0 aromatic rings. The average Bonchev–Trinajstić information content (AvgIpc) is 1.86. The molecular weight excluding hydrogens is 200 g/mol. The molecule has 1 aliphatic rings. The molecule has 1 aliphatic carbocycles. The topological polar surface area (TPSA) is 0 Å². The van der Waals surface area contributed by atoms with Crippen molar-refractivity contribution in [2.24, 2.45) is 5.41 Å². The van der Waals surface area contributed by atoms with Crippen LogP contribution in [0.25, 0.3) is 0 Å². The summed E-state index contributed by atoms with van der Waals surface area (Å²) in [7, 11) is 0. The third kappa shape index (κ3) is 2.48. The van der Waals surface area contributed by atoms with Gasteiger partial charge in [0.15, 0.2) is 0 Å². The first-order valence-electron chi connectivity index (χ1n) is 4.03. The lowest BCUT2D eigenvalue weighted by Gasteiger charge is -2.23. The first-order valence-corrected chi connectivity index (χ1v) is 4.94. The Morgan fingerprint density at radius 2 is 2.09 bits per heavy atom. The zero-order chi connectivity index (χ0) is 8.48. The normalized spacial score (nSPS) is 25.1. The van der Waals surface area contributed by atoms with Crippen LogP contribution in [-0.2, 0) is 0 Å². The second-order valence-corrected chi connectivity index (χ2v) is 5.20. The lowest BCUT2D eigenvalue weighted by atomic mass is 9.84. The molecule has 0 aliphatic heterocycles. The second-order valence-electron chi connectivity index (χ2n) is 4.02. The Bertz CT molecular complexity index is 193. The fourth-order valence-electron chi connectivity index (χ4n) is 1.15. The summed E-state index contributed by atoms with van der Waals surface area (Å²) in [6.07, 6.45) is 7.89. The first-order chi connectivity index (χ1) is 5.00. The molecular formula is C10H15Br. The molecule has 0 radical (unpaired) electrons. The van der Waals surface area contributed by atoms with E-state index in [0.717, 1.165) is 6.42 Å². The maximum Gasteiger partial charge on any atom is 0.0363 e. The van der Waals surface area contributed by atoms with E-state index in [-0.39, 0.29) is 0 Å². The molecule has 0 saturated heterocycles. The van der Waals surface area contributed by atoms with Crippen LogP contribution in [0.3, 0.4) is 0 Å². The molecule has 1 unspecified atom stereocenters. The number of rotatable bonds is 0. The summed E-state index contributed by atoms with van der Waals surface area (Å²) in [6, 6.07) is 0. The predicted octanol–water partition coefficient (Wildman–Crippen LogP) is 3.68. The molecule has 0 saturated carbocycles. The van der Waals surface area contributed by atoms with E-state index in [2.05, 4.69) is 54.9 Å². The van der Waals surface area contributed by atoms with E-state index in [4.69, 9.17) is 0 Å². The number of alkyl halides is 1. The van der Waals surface area contributed by atoms with Crippen molar-refractivity contribution >= 4 is 15.9 Å². The van der Waals surface area contributed by atoms with Crippen LogP contribution in [0, 0.1) is 5.41 Å². The van der Waals surface area contributed by atoms with Gasteiger partial charge in [-0.05, 0) is 17.4 Å². The molecule has 1 rings (SSSR count). The smallest absolute Gasteiger partial charge is 0.0363 e. The summed E-state index contributed by atoms with van der Waals surface area (Å²) in [6.45, 7) is 6.74. The van der Waals surface area contributed by atoms with Crippen molar-refractivity contribution in [3.05, 3.63) is 23.8 Å². The maximum absolute atomic E-state index is 3.55. The van der Waals surface area contributed by atoms with Gasteiger partial charge >= 0.3 is 0 Å². The number of halogens is 1. The lowest BCUT2D eigenvalue weighted by Crippen LogP contribution is -2.11. The van der Waals surface area contributed by atoms with Crippen molar-refractivity contribution in [2.75, 3.05) is 0 Å². The zero-order valence-corrected chi connectivity index (χ0v) is 8.98. The fourth-order valence-corrected chi connectivity index (χ4v) is 1.49. The van der Waals surface area contributed by atoms with Gasteiger partial charge in [0.05, 0.1) is 0 Å². The third-order valence-electron chi connectivity index (χ3n) is 1.91. The summed E-state index contributed by atoms with van der Waals surface area (Å²) >= 11 is 3.55. The van der Waals surface area contributed by atoms with E-state index >= 15 is 0 Å². The largest absolute Gasteiger partial charge is 0.0842 e. The van der Waals surface area contributed by atoms with Crippen LogP contribution < -0.4 is 0 Å². The fraction of sp³-hybridized carbons (Fsp3) is 0.600. The van der Waals surface area contributed by atoms with Gasteiger partial charge in [0.25, 0.3) is 0 Å². The van der Waals surface area contributed by atoms with Crippen LogP contribution >= 0.6 is 15.9 Å². The van der Waals surface area contributed by atoms with Gasteiger partial charge in [0.2, 0.25) is 0 Å². The van der Waals surface area contributed by atoms with Crippen LogP contribution in [0.2, 0.25) is 0 Å². The van der Waals surface area contributed by atoms with E-state index in [0.29, 0.717) is 10.2 Å². The molecule has 0 aromatic heterocycles. The van der Waals surface area contributed by atoms with Crippen molar-refractivity contribution < 1.29 is 0 Å². The maximum atomic E-state index is 3.55. The highest BCUT2D eigenvalue weighted by Gasteiger charge is 2.16. The van der Waals surface area contributed by atoms with Gasteiger partial charge < -0.3 is 0 Å².